The van der Waals surface area contributed by atoms with Gasteiger partial charge in [0.2, 0.25) is 0 Å². The van der Waals surface area contributed by atoms with E-state index in [9.17, 15) is 9.59 Å². The fraction of sp³-hybridized carbons (Fsp3) is 0.867. The minimum absolute atomic E-state index is 0.0613. The van der Waals surface area contributed by atoms with Gasteiger partial charge in [-0.2, -0.15) is 0 Å². The maximum absolute atomic E-state index is 12.1. The summed E-state index contributed by atoms with van der Waals surface area (Å²) >= 11 is 0. The molecule has 1 heterocycles. The summed E-state index contributed by atoms with van der Waals surface area (Å²) in [6.07, 6.45) is 3.21. The van der Waals surface area contributed by atoms with Crippen molar-refractivity contribution in [3.05, 3.63) is 0 Å². The number of methoxy groups -OCH3 is 1. The molecule has 0 bridgehead atoms. The van der Waals surface area contributed by atoms with Crippen LogP contribution in [0.4, 0.5) is 0 Å². The molecular formula is C15H26O5. The van der Waals surface area contributed by atoms with Crippen LogP contribution >= 0.6 is 0 Å². The number of carbonyl (C=O) groups excluding carboxylic acids is 2. The number of epoxide rings is 1. The Kier molecular flexibility index (Phi) is 6.46. The summed E-state index contributed by atoms with van der Waals surface area (Å²) in [6, 6.07) is 0. The molecule has 1 rings (SSSR count). The molecule has 0 aromatic heterocycles. The van der Waals surface area contributed by atoms with Crippen LogP contribution < -0.4 is 0 Å². The Balaban J connectivity index is 2.52. The van der Waals surface area contributed by atoms with Crippen molar-refractivity contribution >= 4 is 11.9 Å². The second-order valence-electron chi connectivity index (χ2n) is 6.00. The van der Waals surface area contributed by atoms with E-state index in [0.29, 0.717) is 19.6 Å². The van der Waals surface area contributed by atoms with Crippen LogP contribution in [0.2, 0.25) is 0 Å². The van der Waals surface area contributed by atoms with Crippen LogP contribution in [0.3, 0.4) is 0 Å². The zero-order valence-corrected chi connectivity index (χ0v) is 12.9. The molecule has 2 unspecified atom stereocenters. The van der Waals surface area contributed by atoms with Crippen molar-refractivity contribution in [3.8, 4) is 0 Å². The first-order chi connectivity index (χ1) is 9.40. The Morgan fingerprint density at radius 2 is 2.05 bits per heavy atom. The van der Waals surface area contributed by atoms with E-state index in [4.69, 9.17) is 14.2 Å². The molecule has 116 valence electrons. The van der Waals surface area contributed by atoms with Gasteiger partial charge in [-0.05, 0) is 26.7 Å². The maximum Gasteiger partial charge on any atom is 0.311 e. The summed E-state index contributed by atoms with van der Waals surface area (Å²) < 4.78 is 15.1. The molecule has 0 aromatic carbocycles. The van der Waals surface area contributed by atoms with E-state index in [-0.39, 0.29) is 24.0 Å². The van der Waals surface area contributed by atoms with Crippen molar-refractivity contribution in [2.24, 2.45) is 11.3 Å². The number of esters is 2. The maximum atomic E-state index is 12.1. The van der Waals surface area contributed by atoms with Gasteiger partial charge in [0.05, 0.1) is 25.0 Å². The molecule has 1 aliphatic heterocycles. The van der Waals surface area contributed by atoms with E-state index in [1.807, 2.05) is 13.8 Å². The number of unbranched alkanes of at least 4 members (excludes halogenated alkanes) is 1. The fourth-order valence-corrected chi connectivity index (χ4v) is 2.15. The molecule has 0 aromatic rings. The van der Waals surface area contributed by atoms with Gasteiger partial charge in [-0.1, -0.05) is 19.8 Å². The normalized spacial score (nSPS) is 19.3. The van der Waals surface area contributed by atoms with Gasteiger partial charge in [-0.3, -0.25) is 9.59 Å². The average molecular weight is 286 g/mol. The van der Waals surface area contributed by atoms with Crippen molar-refractivity contribution in [3.63, 3.8) is 0 Å². The van der Waals surface area contributed by atoms with E-state index >= 15 is 0 Å². The third-order valence-corrected chi connectivity index (χ3v) is 3.55. The number of hydrogen-bond donors (Lipinski definition) is 0. The zero-order chi connectivity index (χ0) is 15.2. The highest BCUT2D eigenvalue weighted by atomic mass is 16.6. The Hall–Kier alpha value is -1.10. The first kappa shape index (κ1) is 17.0. The summed E-state index contributed by atoms with van der Waals surface area (Å²) in [4.78, 5) is 23.9. The average Bonchev–Trinajstić information content (AvgIpc) is 3.23. The predicted molar refractivity (Wildman–Crippen MR) is 74.1 cm³/mol. The molecule has 0 amide bonds. The highest BCUT2D eigenvalue weighted by molar-refractivity contribution is 5.78. The predicted octanol–water partition coefficient (Wildman–Crippen LogP) is 2.32. The van der Waals surface area contributed by atoms with Crippen molar-refractivity contribution in [2.45, 2.75) is 52.6 Å². The second-order valence-corrected chi connectivity index (χ2v) is 6.00. The van der Waals surface area contributed by atoms with Crippen LogP contribution in [0, 0.1) is 11.3 Å². The molecule has 0 N–H and O–H groups in total. The van der Waals surface area contributed by atoms with Crippen molar-refractivity contribution in [1.82, 2.24) is 0 Å². The van der Waals surface area contributed by atoms with Gasteiger partial charge in [-0.25, -0.2) is 0 Å². The highest BCUT2D eigenvalue weighted by Crippen LogP contribution is 2.31. The van der Waals surface area contributed by atoms with Crippen molar-refractivity contribution in [2.75, 3.05) is 20.3 Å². The smallest absolute Gasteiger partial charge is 0.311 e. The Labute approximate surface area is 121 Å². The Morgan fingerprint density at radius 1 is 1.40 bits per heavy atom. The van der Waals surface area contributed by atoms with Gasteiger partial charge in [0, 0.05) is 0 Å². The summed E-state index contributed by atoms with van der Waals surface area (Å²) in [5.74, 6) is -0.775. The minimum atomic E-state index is -0.693. The van der Waals surface area contributed by atoms with Gasteiger partial charge in [0.1, 0.15) is 12.7 Å². The molecule has 2 atom stereocenters. The number of ether oxygens (including phenoxy) is 3. The van der Waals surface area contributed by atoms with Crippen LogP contribution in [-0.4, -0.2) is 38.4 Å². The molecule has 0 spiro atoms. The van der Waals surface area contributed by atoms with Crippen LogP contribution in [0.5, 0.6) is 0 Å². The van der Waals surface area contributed by atoms with Gasteiger partial charge in [-0.15, -0.1) is 0 Å². The minimum Gasteiger partial charge on any atom is -0.469 e. The van der Waals surface area contributed by atoms with E-state index in [0.717, 1.165) is 19.3 Å². The van der Waals surface area contributed by atoms with Crippen molar-refractivity contribution < 1.29 is 23.8 Å². The third-order valence-electron chi connectivity index (χ3n) is 3.55. The molecule has 20 heavy (non-hydrogen) atoms. The molecule has 5 nitrogen and oxygen atoms in total. The quantitative estimate of drug-likeness (QED) is 0.481. The van der Waals surface area contributed by atoms with E-state index in [1.54, 1.807) is 0 Å². The molecule has 1 saturated heterocycles. The fourth-order valence-electron chi connectivity index (χ4n) is 2.15. The van der Waals surface area contributed by atoms with E-state index < -0.39 is 5.41 Å². The van der Waals surface area contributed by atoms with Crippen LogP contribution in [-0.2, 0) is 23.8 Å². The van der Waals surface area contributed by atoms with Gasteiger partial charge >= 0.3 is 11.9 Å². The SMILES string of the molecule is CCCCC(CC(C)(C)C(=O)OCC1CO1)C(=O)OC. The van der Waals surface area contributed by atoms with Crippen LogP contribution in [0.1, 0.15) is 46.5 Å². The summed E-state index contributed by atoms with van der Waals surface area (Å²) in [6.45, 7) is 6.66. The summed E-state index contributed by atoms with van der Waals surface area (Å²) in [7, 11) is 1.39. The van der Waals surface area contributed by atoms with Crippen LogP contribution in [0.15, 0.2) is 0 Å². The lowest BCUT2D eigenvalue weighted by atomic mass is 9.81. The largest absolute Gasteiger partial charge is 0.469 e. The van der Waals surface area contributed by atoms with Crippen LogP contribution in [0.25, 0.3) is 0 Å². The second kappa shape index (κ2) is 7.62. The molecule has 1 fully saturated rings. The first-order valence-electron chi connectivity index (χ1n) is 7.27. The van der Waals surface area contributed by atoms with Gasteiger partial charge < -0.3 is 14.2 Å². The summed E-state index contributed by atoms with van der Waals surface area (Å²) in [5.41, 5.74) is -0.693. The molecule has 0 aliphatic carbocycles. The van der Waals surface area contributed by atoms with E-state index in [1.165, 1.54) is 7.11 Å². The Morgan fingerprint density at radius 3 is 2.55 bits per heavy atom. The number of carbonyl (C=O) groups is 2. The van der Waals surface area contributed by atoms with Gasteiger partial charge in [0.25, 0.3) is 0 Å². The number of rotatable bonds is 9. The lowest BCUT2D eigenvalue weighted by Gasteiger charge is -2.26. The highest BCUT2D eigenvalue weighted by Gasteiger charge is 2.36. The third kappa shape index (κ3) is 5.49. The standard InChI is InChI=1S/C15H26O5/c1-5-6-7-11(13(16)18-4)8-15(2,3)14(17)20-10-12-9-19-12/h11-12H,5-10H2,1-4H3. The topological polar surface area (TPSA) is 65.1 Å². The van der Waals surface area contributed by atoms with Crippen molar-refractivity contribution in [1.29, 1.82) is 0 Å². The van der Waals surface area contributed by atoms with E-state index in [2.05, 4.69) is 6.92 Å². The number of hydrogen-bond acceptors (Lipinski definition) is 5. The molecule has 5 heteroatoms. The zero-order valence-electron chi connectivity index (χ0n) is 12.9. The lowest BCUT2D eigenvalue weighted by molar-refractivity contribution is -0.157. The Bertz CT molecular complexity index is 333. The van der Waals surface area contributed by atoms with Gasteiger partial charge in [0.15, 0.2) is 0 Å². The molecule has 1 aliphatic rings. The monoisotopic (exact) mass is 286 g/mol. The lowest BCUT2D eigenvalue weighted by Crippen LogP contribution is -2.32. The molecule has 0 radical (unpaired) electrons. The summed E-state index contributed by atoms with van der Waals surface area (Å²) in [5, 5.41) is 0. The first-order valence-corrected chi connectivity index (χ1v) is 7.27. The molecular weight excluding hydrogens is 260 g/mol. The molecule has 0 saturated carbocycles.